The molecular weight excluding hydrogens is 563 g/mol. The van der Waals surface area contributed by atoms with E-state index in [1.165, 1.54) is 16.9 Å². The molecule has 0 saturated heterocycles. The molecule has 0 unspecified atom stereocenters. The normalized spacial score (nSPS) is 13.2. The third-order valence-corrected chi connectivity index (χ3v) is 7.88. The molecule has 0 radical (unpaired) electrons. The minimum Gasteiger partial charge on any atom is -0.496 e. The molecule has 0 atom stereocenters. The number of hydrogen-bond acceptors (Lipinski definition) is 6. The van der Waals surface area contributed by atoms with Crippen molar-refractivity contribution in [1.82, 2.24) is 15.0 Å². The van der Waals surface area contributed by atoms with Crippen LogP contribution in [-0.2, 0) is 12.8 Å². The van der Waals surface area contributed by atoms with Gasteiger partial charge in [0.05, 0.1) is 28.0 Å². The van der Waals surface area contributed by atoms with Gasteiger partial charge in [0.15, 0.2) is 0 Å². The molecule has 0 saturated carbocycles. The highest BCUT2D eigenvalue weighted by Crippen LogP contribution is 2.33. The number of nitrogens with zero attached hydrogens (tertiary/aromatic N) is 3. The lowest BCUT2D eigenvalue weighted by atomic mass is 9.97. The Balaban J connectivity index is 1.33. The van der Waals surface area contributed by atoms with Gasteiger partial charge >= 0.3 is 0 Å². The van der Waals surface area contributed by atoms with Gasteiger partial charge < -0.3 is 4.74 Å². The van der Waals surface area contributed by atoms with E-state index in [0.29, 0.717) is 11.3 Å². The summed E-state index contributed by atoms with van der Waals surface area (Å²) in [6.45, 7) is 0. The van der Waals surface area contributed by atoms with Crippen LogP contribution < -0.4 is 15.7 Å². The molecule has 5 rings (SSSR count). The van der Waals surface area contributed by atoms with E-state index in [4.69, 9.17) is 4.74 Å². The number of carbonyl (C=O) groups excluding carboxylic acids is 1. The van der Waals surface area contributed by atoms with Crippen molar-refractivity contribution >= 4 is 56.3 Å². The number of halogens is 1. The Kier molecular flexibility index (Phi) is 6.46. The highest BCUT2D eigenvalue weighted by atomic mass is 127. The van der Waals surface area contributed by atoms with E-state index in [0.717, 1.165) is 44.4 Å². The maximum absolute atomic E-state index is 13.2. The predicted molar refractivity (Wildman–Crippen MR) is 143 cm³/mol. The zero-order chi connectivity index (χ0) is 23.7. The van der Waals surface area contributed by atoms with Gasteiger partial charge in [-0.25, -0.2) is 10.4 Å². The number of aromatic nitrogens is 2. The van der Waals surface area contributed by atoms with Gasteiger partial charge in [0.1, 0.15) is 16.9 Å². The van der Waals surface area contributed by atoms with Crippen LogP contribution in [0.25, 0.3) is 15.9 Å². The minimum absolute atomic E-state index is 0.0553. The zero-order valence-electron chi connectivity index (χ0n) is 18.4. The Morgan fingerprint density at radius 3 is 2.76 bits per heavy atom. The summed E-state index contributed by atoms with van der Waals surface area (Å²) in [6, 6.07) is 12.5. The first-order valence-electron chi connectivity index (χ1n) is 10.8. The second kappa shape index (κ2) is 9.67. The maximum Gasteiger partial charge on any atom is 0.271 e. The number of amides is 1. The number of rotatable bonds is 5. The number of hydrogen-bond donors (Lipinski definition) is 1. The lowest BCUT2D eigenvalue weighted by Gasteiger charge is -2.10. The van der Waals surface area contributed by atoms with Gasteiger partial charge in [-0.1, -0.05) is 0 Å². The first kappa shape index (κ1) is 22.7. The van der Waals surface area contributed by atoms with E-state index in [-0.39, 0.29) is 11.5 Å². The SMILES string of the molecule is COc1ccc(/C=N\NC(=O)c2ccc(-n3cnc4sc5c(c4c3=O)CCCC5)cc2)cc1I. The van der Waals surface area contributed by atoms with Gasteiger partial charge in [-0.3, -0.25) is 14.2 Å². The minimum atomic E-state index is -0.334. The van der Waals surface area contributed by atoms with E-state index in [1.54, 1.807) is 59.8 Å². The van der Waals surface area contributed by atoms with Crippen LogP contribution in [0.15, 0.2) is 58.7 Å². The number of benzene rings is 2. The summed E-state index contributed by atoms with van der Waals surface area (Å²) in [4.78, 5) is 32.4. The number of thiophene rings is 1. The van der Waals surface area contributed by atoms with E-state index in [1.807, 2.05) is 18.2 Å². The molecule has 0 fully saturated rings. The number of aryl methyl sites for hydroxylation is 2. The Bertz CT molecular complexity index is 1470. The fourth-order valence-corrected chi connectivity index (χ4v) is 6.08. The molecule has 7 nitrogen and oxygen atoms in total. The molecule has 34 heavy (non-hydrogen) atoms. The molecule has 1 aliphatic rings. The largest absolute Gasteiger partial charge is 0.496 e. The number of carbonyl (C=O) groups is 1. The average molecular weight is 584 g/mol. The Labute approximate surface area is 213 Å². The van der Waals surface area contributed by atoms with Crippen LogP contribution in [0.3, 0.4) is 0 Å². The summed E-state index contributed by atoms with van der Waals surface area (Å²) in [5.74, 6) is 0.452. The first-order valence-corrected chi connectivity index (χ1v) is 12.7. The topological polar surface area (TPSA) is 85.6 Å². The molecule has 172 valence electrons. The van der Waals surface area contributed by atoms with Gasteiger partial charge in [-0.2, -0.15) is 5.10 Å². The highest BCUT2D eigenvalue weighted by molar-refractivity contribution is 14.1. The second-order valence-electron chi connectivity index (χ2n) is 7.95. The van der Waals surface area contributed by atoms with Crippen LogP contribution in [0.4, 0.5) is 0 Å². The van der Waals surface area contributed by atoms with Crippen LogP contribution in [0, 0.1) is 3.57 Å². The third-order valence-electron chi connectivity index (χ3n) is 5.84. The van der Waals surface area contributed by atoms with E-state index in [9.17, 15) is 9.59 Å². The lowest BCUT2D eigenvalue weighted by Crippen LogP contribution is -2.20. The third kappa shape index (κ3) is 4.37. The van der Waals surface area contributed by atoms with Crippen molar-refractivity contribution in [2.24, 2.45) is 5.10 Å². The van der Waals surface area contributed by atoms with Crippen molar-refractivity contribution in [3.8, 4) is 11.4 Å². The molecule has 2 aromatic carbocycles. The van der Waals surface area contributed by atoms with Crippen molar-refractivity contribution in [2.75, 3.05) is 7.11 Å². The van der Waals surface area contributed by atoms with Crippen LogP contribution in [0.5, 0.6) is 5.75 Å². The molecule has 0 spiro atoms. The molecule has 1 N–H and O–H groups in total. The lowest BCUT2D eigenvalue weighted by molar-refractivity contribution is 0.0955. The summed E-state index contributed by atoms with van der Waals surface area (Å²) in [6.07, 6.45) is 7.39. The van der Waals surface area contributed by atoms with Gasteiger partial charge in [-0.15, -0.1) is 11.3 Å². The maximum atomic E-state index is 13.2. The fourth-order valence-electron chi connectivity index (χ4n) is 4.10. The van der Waals surface area contributed by atoms with Crippen molar-refractivity contribution in [3.05, 3.63) is 84.3 Å². The standard InChI is InChI=1S/C25H21IN4O3S/c1-33-20-11-6-15(12-19(20)26)13-28-29-23(31)16-7-9-17(10-8-16)30-14-27-24-22(25(30)32)18-4-2-3-5-21(18)34-24/h6-14H,2-5H2,1H3,(H,29,31)/b28-13-. The smallest absolute Gasteiger partial charge is 0.271 e. The molecule has 1 aliphatic carbocycles. The number of ether oxygens (including phenoxy) is 1. The number of hydrazone groups is 1. The number of fused-ring (bicyclic) bond motifs is 3. The van der Waals surface area contributed by atoms with Gasteiger partial charge in [0.25, 0.3) is 11.5 Å². The van der Waals surface area contributed by atoms with Crippen molar-refractivity contribution < 1.29 is 9.53 Å². The van der Waals surface area contributed by atoms with Gasteiger partial charge in [0.2, 0.25) is 0 Å². The van der Waals surface area contributed by atoms with Crippen LogP contribution >= 0.6 is 33.9 Å². The Morgan fingerprint density at radius 1 is 1.21 bits per heavy atom. The summed E-state index contributed by atoms with van der Waals surface area (Å²) in [7, 11) is 1.62. The van der Waals surface area contributed by atoms with Gasteiger partial charge in [-0.05, 0) is 102 Å². The molecule has 1 amide bonds. The Hall–Kier alpha value is -3.05. The van der Waals surface area contributed by atoms with Gasteiger partial charge in [0, 0.05) is 10.4 Å². The second-order valence-corrected chi connectivity index (χ2v) is 10.2. The van der Waals surface area contributed by atoms with Crippen LogP contribution in [0.2, 0.25) is 0 Å². The Morgan fingerprint density at radius 2 is 2.00 bits per heavy atom. The summed E-state index contributed by atoms with van der Waals surface area (Å²) < 4.78 is 7.75. The highest BCUT2D eigenvalue weighted by Gasteiger charge is 2.20. The van der Waals surface area contributed by atoms with E-state index < -0.39 is 0 Å². The first-order chi connectivity index (χ1) is 16.5. The molecule has 2 heterocycles. The zero-order valence-corrected chi connectivity index (χ0v) is 21.4. The van der Waals surface area contributed by atoms with Crippen LogP contribution in [0.1, 0.15) is 39.2 Å². The molecule has 0 aliphatic heterocycles. The number of nitrogens with one attached hydrogen (secondary N) is 1. The van der Waals surface area contributed by atoms with Crippen LogP contribution in [-0.4, -0.2) is 28.8 Å². The summed E-state index contributed by atoms with van der Waals surface area (Å²) in [5, 5.41) is 4.79. The number of methoxy groups -OCH3 is 1. The predicted octanol–water partition coefficient (Wildman–Crippen LogP) is 4.70. The summed E-state index contributed by atoms with van der Waals surface area (Å²) in [5.41, 5.74) is 5.61. The molecule has 0 bridgehead atoms. The fraction of sp³-hybridized carbons (Fsp3) is 0.200. The molecule has 2 aromatic heterocycles. The molecule has 9 heteroatoms. The van der Waals surface area contributed by atoms with E-state index >= 15 is 0 Å². The molecule has 4 aromatic rings. The van der Waals surface area contributed by atoms with Crippen molar-refractivity contribution in [1.29, 1.82) is 0 Å². The summed E-state index contributed by atoms with van der Waals surface area (Å²) >= 11 is 3.82. The van der Waals surface area contributed by atoms with Crippen molar-refractivity contribution in [3.63, 3.8) is 0 Å². The van der Waals surface area contributed by atoms with Crippen molar-refractivity contribution in [2.45, 2.75) is 25.7 Å². The quantitative estimate of drug-likeness (QED) is 0.209. The monoisotopic (exact) mass is 584 g/mol. The van der Waals surface area contributed by atoms with E-state index in [2.05, 4.69) is 38.1 Å². The molecular formula is C25H21IN4O3S. The average Bonchev–Trinajstić information content (AvgIpc) is 3.24.